The summed E-state index contributed by atoms with van der Waals surface area (Å²) in [4.78, 5) is 11.6. The van der Waals surface area contributed by atoms with Crippen LogP contribution in [0.1, 0.15) is 21.7 Å². The summed E-state index contributed by atoms with van der Waals surface area (Å²) in [6.07, 6.45) is 0.658. The van der Waals surface area contributed by atoms with Crippen LogP contribution in [0.3, 0.4) is 0 Å². The zero-order valence-corrected chi connectivity index (χ0v) is 9.24. The number of alkyl halides is 1. The quantitative estimate of drug-likeness (QED) is 0.442. The Labute approximate surface area is 91.8 Å². The summed E-state index contributed by atoms with van der Waals surface area (Å²) in [6, 6.07) is 1.72. The molecule has 0 aliphatic carbocycles. The summed E-state index contributed by atoms with van der Waals surface area (Å²) in [5, 5.41) is 1.83. The molecule has 14 heavy (non-hydrogen) atoms. The molecule has 0 saturated heterocycles. The Balaban J connectivity index is 2.70. The van der Waals surface area contributed by atoms with E-state index in [-0.39, 0.29) is 5.97 Å². The lowest BCUT2D eigenvalue weighted by Crippen LogP contribution is -1.96. The number of halogens is 1. The maximum Gasteiger partial charge on any atom is 0.348 e. The average molecular weight is 229 g/mol. The van der Waals surface area contributed by atoms with Crippen LogP contribution >= 0.6 is 22.9 Å². The highest BCUT2D eigenvalue weighted by molar-refractivity contribution is 7.12. The minimum Gasteiger partial charge on any atom is -0.465 e. The fourth-order valence-corrected chi connectivity index (χ4v) is 1.67. The van der Waals surface area contributed by atoms with Crippen molar-refractivity contribution in [1.29, 1.82) is 0 Å². The van der Waals surface area contributed by atoms with E-state index in [4.69, 9.17) is 11.6 Å². The number of carbonyl (C=O) groups is 1. The third-order valence-electron chi connectivity index (χ3n) is 1.44. The van der Waals surface area contributed by atoms with Gasteiger partial charge in [-0.15, -0.1) is 22.9 Å². The van der Waals surface area contributed by atoms with Crippen molar-refractivity contribution in [2.24, 2.45) is 0 Å². The Kier molecular flexibility index (Phi) is 4.51. The molecule has 4 heteroatoms. The second-order valence-electron chi connectivity index (χ2n) is 2.43. The number of methoxy groups -OCH3 is 1. The summed E-state index contributed by atoms with van der Waals surface area (Å²) < 4.78 is 4.58. The molecule has 1 heterocycles. The number of thiophene rings is 1. The highest BCUT2D eigenvalue weighted by atomic mass is 35.5. The number of rotatable bonds is 2. The van der Waals surface area contributed by atoms with Crippen molar-refractivity contribution < 1.29 is 9.53 Å². The molecule has 0 aromatic carbocycles. The molecule has 1 aromatic heterocycles. The molecule has 0 spiro atoms. The van der Waals surface area contributed by atoms with E-state index < -0.39 is 0 Å². The minimum absolute atomic E-state index is 0.319. The van der Waals surface area contributed by atoms with Crippen LogP contribution in [-0.2, 0) is 4.74 Å². The van der Waals surface area contributed by atoms with Gasteiger partial charge in [0.15, 0.2) is 0 Å². The molecule has 0 aliphatic rings. The molecular weight excluding hydrogens is 220 g/mol. The summed E-state index contributed by atoms with van der Waals surface area (Å²) >= 11 is 6.80. The van der Waals surface area contributed by atoms with E-state index in [0.717, 1.165) is 5.56 Å². The van der Waals surface area contributed by atoms with Crippen molar-refractivity contribution >= 4 is 28.9 Å². The predicted molar refractivity (Wildman–Crippen MR) is 57.9 cm³/mol. The largest absolute Gasteiger partial charge is 0.465 e. The number of hydrogen-bond acceptors (Lipinski definition) is 3. The Bertz CT molecular complexity index is 373. The van der Waals surface area contributed by atoms with E-state index in [9.17, 15) is 4.79 Å². The fraction of sp³-hybridized carbons (Fsp3) is 0.300. The lowest BCUT2D eigenvalue weighted by molar-refractivity contribution is 0.0606. The molecule has 0 radical (unpaired) electrons. The molecule has 0 unspecified atom stereocenters. The summed E-state index contributed by atoms with van der Waals surface area (Å²) in [5.41, 5.74) is 0.834. The molecule has 0 atom stereocenters. The molecule has 0 aliphatic heterocycles. The first-order valence-electron chi connectivity index (χ1n) is 3.99. The topological polar surface area (TPSA) is 26.3 Å². The molecule has 74 valence electrons. The van der Waals surface area contributed by atoms with Crippen LogP contribution in [0, 0.1) is 11.8 Å². The van der Waals surface area contributed by atoms with Gasteiger partial charge >= 0.3 is 5.97 Å². The van der Waals surface area contributed by atoms with E-state index in [1.54, 1.807) is 6.07 Å². The molecule has 1 rings (SSSR count). The Morgan fingerprint density at radius 2 is 2.50 bits per heavy atom. The molecule has 0 amide bonds. The van der Waals surface area contributed by atoms with E-state index in [2.05, 4.69) is 16.6 Å². The second kappa shape index (κ2) is 5.69. The third kappa shape index (κ3) is 3.06. The van der Waals surface area contributed by atoms with Gasteiger partial charge in [0.1, 0.15) is 4.88 Å². The molecule has 0 bridgehead atoms. The van der Waals surface area contributed by atoms with Crippen molar-refractivity contribution in [1.82, 2.24) is 0 Å². The zero-order valence-electron chi connectivity index (χ0n) is 7.67. The van der Waals surface area contributed by atoms with E-state index in [1.165, 1.54) is 18.4 Å². The van der Waals surface area contributed by atoms with Gasteiger partial charge in [0.05, 0.1) is 7.11 Å². The van der Waals surface area contributed by atoms with Gasteiger partial charge in [-0.25, -0.2) is 4.79 Å². The normalized spacial score (nSPS) is 9.00. The number of hydrogen-bond donors (Lipinski definition) is 0. The van der Waals surface area contributed by atoms with E-state index in [0.29, 0.717) is 17.2 Å². The van der Waals surface area contributed by atoms with Gasteiger partial charge < -0.3 is 4.74 Å². The molecule has 0 fully saturated rings. The molecule has 0 N–H and O–H groups in total. The maximum absolute atomic E-state index is 11.1. The monoisotopic (exact) mass is 228 g/mol. The van der Waals surface area contributed by atoms with Crippen LogP contribution in [0.2, 0.25) is 0 Å². The van der Waals surface area contributed by atoms with Gasteiger partial charge in [0, 0.05) is 23.2 Å². The van der Waals surface area contributed by atoms with Crippen LogP contribution < -0.4 is 0 Å². The predicted octanol–water partition coefficient (Wildman–Crippen LogP) is 2.52. The van der Waals surface area contributed by atoms with Crippen LogP contribution in [0.25, 0.3) is 0 Å². The number of ether oxygens (including phenoxy) is 1. The van der Waals surface area contributed by atoms with Crippen molar-refractivity contribution in [2.75, 3.05) is 13.0 Å². The smallest absolute Gasteiger partial charge is 0.348 e. The lowest BCUT2D eigenvalue weighted by Gasteiger charge is -1.90. The van der Waals surface area contributed by atoms with Crippen molar-refractivity contribution in [2.45, 2.75) is 6.42 Å². The molecular formula is C10H9ClO2S. The minimum atomic E-state index is -0.319. The Morgan fingerprint density at radius 1 is 1.71 bits per heavy atom. The summed E-state index contributed by atoms with van der Waals surface area (Å²) in [7, 11) is 1.36. The first-order valence-corrected chi connectivity index (χ1v) is 5.41. The molecule has 0 saturated carbocycles. The van der Waals surface area contributed by atoms with Crippen LogP contribution in [0.15, 0.2) is 11.4 Å². The summed E-state index contributed by atoms with van der Waals surface area (Å²) in [6.45, 7) is 0. The first kappa shape index (κ1) is 11.1. The van der Waals surface area contributed by atoms with Gasteiger partial charge in [-0.3, -0.25) is 0 Å². The average Bonchev–Trinajstić information content (AvgIpc) is 2.66. The van der Waals surface area contributed by atoms with Crippen molar-refractivity contribution in [3.63, 3.8) is 0 Å². The van der Waals surface area contributed by atoms with Crippen LogP contribution in [-0.4, -0.2) is 19.0 Å². The second-order valence-corrected chi connectivity index (χ2v) is 3.72. The Morgan fingerprint density at radius 3 is 3.14 bits per heavy atom. The zero-order chi connectivity index (χ0) is 10.4. The van der Waals surface area contributed by atoms with Gasteiger partial charge in [-0.1, -0.05) is 11.8 Å². The van der Waals surface area contributed by atoms with E-state index in [1.807, 2.05) is 5.38 Å². The molecule has 1 aromatic rings. The lowest BCUT2D eigenvalue weighted by atomic mass is 10.3. The number of esters is 1. The van der Waals surface area contributed by atoms with E-state index >= 15 is 0 Å². The van der Waals surface area contributed by atoms with Crippen LogP contribution in [0.4, 0.5) is 0 Å². The highest BCUT2D eigenvalue weighted by Crippen LogP contribution is 2.14. The summed E-state index contributed by atoms with van der Waals surface area (Å²) in [5.74, 6) is 6.02. The fourth-order valence-electron chi connectivity index (χ4n) is 0.821. The maximum atomic E-state index is 11.1. The van der Waals surface area contributed by atoms with Crippen LogP contribution in [0.5, 0.6) is 0 Å². The van der Waals surface area contributed by atoms with Gasteiger partial charge in [0.2, 0.25) is 0 Å². The van der Waals surface area contributed by atoms with Gasteiger partial charge in [0.25, 0.3) is 0 Å². The van der Waals surface area contributed by atoms with Gasteiger partial charge in [-0.2, -0.15) is 0 Å². The molecule has 2 nitrogen and oxygen atoms in total. The SMILES string of the molecule is COC(=O)c1cc(C#CCCCl)cs1. The number of carbonyl (C=O) groups excluding carboxylic acids is 1. The third-order valence-corrected chi connectivity index (χ3v) is 2.54. The highest BCUT2D eigenvalue weighted by Gasteiger charge is 2.07. The first-order chi connectivity index (χ1) is 6.77. The van der Waals surface area contributed by atoms with Crippen molar-refractivity contribution in [3.8, 4) is 11.8 Å². The van der Waals surface area contributed by atoms with Crippen molar-refractivity contribution in [3.05, 3.63) is 21.9 Å². The standard InChI is InChI=1S/C10H9ClO2S/c1-13-10(12)9-6-8(7-14-9)4-2-3-5-11/h6-7H,3,5H2,1H3. The van der Waals surface area contributed by atoms with Gasteiger partial charge in [-0.05, 0) is 6.07 Å². The Hall–Kier alpha value is -0.980.